The quantitative estimate of drug-likeness (QED) is 0.707. The molecule has 2 aromatic rings. The molecule has 7 nitrogen and oxygen atoms in total. The van der Waals surface area contributed by atoms with E-state index in [0.29, 0.717) is 13.1 Å². The van der Waals surface area contributed by atoms with E-state index < -0.39 is 35.0 Å². The topological polar surface area (TPSA) is 84.3 Å². The fourth-order valence-electron chi connectivity index (χ4n) is 4.67. The van der Waals surface area contributed by atoms with Crippen molar-refractivity contribution < 1.29 is 22.8 Å². The number of pyridine rings is 2. The molecule has 1 N–H and O–H groups in total. The van der Waals surface area contributed by atoms with Crippen LogP contribution in [0.3, 0.4) is 0 Å². The van der Waals surface area contributed by atoms with Gasteiger partial charge in [0.25, 0.3) is 11.8 Å². The van der Waals surface area contributed by atoms with Crippen LogP contribution in [0.2, 0.25) is 0 Å². The molecule has 1 aliphatic heterocycles. The molecule has 3 heterocycles. The van der Waals surface area contributed by atoms with Crippen LogP contribution < -0.4 is 10.7 Å². The molecule has 1 unspecified atom stereocenters. The molecule has 0 aromatic carbocycles. The molecule has 2 aliphatic rings. The monoisotopic (exact) mass is 476 g/mol. The smallest absolute Gasteiger partial charge is 0.349 e. The van der Waals surface area contributed by atoms with Crippen molar-refractivity contribution in [3.63, 3.8) is 0 Å². The minimum Gasteiger partial charge on any atom is -0.349 e. The van der Waals surface area contributed by atoms with Crippen LogP contribution in [0.15, 0.2) is 41.6 Å². The fourth-order valence-corrected chi connectivity index (χ4v) is 4.67. The predicted octanol–water partition coefficient (Wildman–Crippen LogP) is 4.02. The highest BCUT2D eigenvalue weighted by molar-refractivity contribution is 5.99. The van der Waals surface area contributed by atoms with E-state index in [1.54, 1.807) is 9.47 Å². The zero-order valence-corrected chi connectivity index (χ0v) is 18.7. The number of hydrogen-bond acceptors (Lipinski definition) is 4. The van der Waals surface area contributed by atoms with Crippen LogP contribution in [-0.4, -0.2) is 45.5 Å². The van der Waals surface area contributed by atoms with E-state index in [-0.39, 0.29) is 17.3 Å². The highest BCUT2D eigenvalue weighted by atomic mass is 19.4. The molecule has 0 radical (unpaired) electrons. The van der Waals surface area contributed by atoms with Crippen molar-refractivity contribution >= 4 is 11.8 Å². The summed E-state index contributed by atoms with van der Waals surface area (Å²) in [5.74, 6) is -1.67. The van der Waals surface area contributed by atoms with Crippen molar-refractivity contribution in [3.8, 4) is 0 Å². The molecule has 1 aliphatic carbocycles. The highest BCUT2D eigenvalue weighted by Crippen LogP contribution is 2.32. The van der Waals surface area contributed by atoms with E-state index in [0.717, 1.165) is 51.0 Å². The molecule has 34 heavy (non-hydrogen) atoms. The van der Waals surface area contributed by atoms with Crippen LogP contribution in [0.4, 0.5) is 13.2 Å². The summed E-state index contributed by atoms with van der Waals surface area (Å²) in [6.07, 6.45) is 5.38. The van der Waals surface area contributed by atoms with Gasteiger partial charge in [0.1, 0.15) is 11.1 Å². The Labute approximate surface area is 195 Å². The third-order valence-electron chi connectivity index (χ3n) is 6.50. The van der Waals surface area contributed by atoms with Gasteiger partial charge in [-0.1, -0.05) is 25.3 Å². The number of halogens is 3. The summed E-state index contributed by atoms with van der Waals surface area (Å²) in [6.45, 7) is 1.02. The van der Waals surface area contributed by atoms with Gasteiger partial charge in [0.2, 0.25) is 5.43 Å². The minimum atomic E-state index is -4.82. The van der Waals surface area contributed by atoms with Crippen molar-refractivity contribution in [3.05, 3.63) is 63.8 Å². The number of alkyl halides is 3. The van der Waals surface area contributed by atoms with Gasteiger partial charge in [-0.05, 0) is 37.8 Å². The van der Waals surface area contributed by atoms with Crippen molar-refractivity contribution in [1.29, 1.82) is 0 Å². The van der Waals surface area contributed by atoms with Crippen molar-refractivity contribution in [2.75, 3.05) is 13.1 Å². The normalized spacial score (nSPS) is 18.0. The lowest BCUT2D eigenvalue weighted by molar-refractivity contribution is -0.156. The largest absolute Gasteiger partial charge is 0.414 e. The maximum atomic E-state index is 13.8. The van der Waals surface area contributed by atoms with Gasteiger partial charge >= 0.3 is 6.18 Å². The Morgan fingerprint density at radius 2 is 1.68 bits per heavy atom. The Kier molecular flexibility index (Phi) is 7.04. The molecule has 0 spiro atoms. The van der Waals surface area contributed by atoms with Gasteiger partial charge in [0, 0.05) is 37.7 Å². The summed E-state index contributed by atoms with van der Waals surface area (Å²) in [6, 6.07) is 1.60. The zero-order valence-electron chi connectivity index (χ0n) is 18.7. The summed E-state index contributed by atoms with van der Waals surface area (Å²) in [4.78, 5) is 44.6. The number of carbonyl (C=O) groups is 2. The molecule has 1 atom stereocenters. The van der Waals surface area contributed by atoms with E-state index in [9.17, 15) is 27.6 Å². The van der Waals surface area contributed by atoms with Crippen LogP contribution in [0, 0.1) is 0 Å². The first kappa shape index (κ1) is 24.0. The molecule has 1 saturated carbocycles. The van der Waals surface area contributed by atoms with Crippen LogP contribution >= 0.6 is 0 Å². The molecular weight excluding hydrogens is 449 g/mol. The number of hydrogen-bond donors (Lipinski definition) is 1. The molecule has 4 rings (SSSR count). The maximum absolute atomic E-state index is 13.8. The predicted molar refractivity (Wildman–Crippen MR) is 118 cm³/mol. The first-order valence-corrected chi connectivity index (χ1v) is 11.6. The van der Waals surface area contributed by atoms with E-state index in [2.05, 4.69) is 4.98 Å². The molecule has 2 amide bonds. The van der Waals surface area contributed by atoms with Gasteiger partial charge < -0.3 is 14.8 Å². The van der Waals surface area contributed by atoms with Crippen molar-refractivity contribution in [2.45, 2.75) is 63.2 Å². The van der Waals surface area contributed by atoms with E-state index in [1.165, 1.54) is 30.7 Å². The van der Waals surface area contributed by atoms with Gasteiger partial charge in [-0.25, -0.2) is 0 Å². The van der Waals surface area contributed by atoms with Gasteiger partial charge in [-0.2, -0.15) is 13.2 Å². The molecule has 10 heteroatoms. The number of aromatic nitrogens is 2. The lowest BCUT2D eigenvalue weighted by atomic mass is 9.95. The summed E-state index contributed by atoms with van der Waals surface area (Å²) >= 11 is 0. The number of rotatable bonds is 5. The second-order valence-electron chi connectivity index (χ2n) is 8.86. The Morgan fingerprint density at radius 1 is 1.00 bits per heavy atom. The lowest BCUT2D eigenvalue weighted by Crippen LogP contribution is -2.42. The molecule has 182 valence electrons. The standard InChI is InChI=1S/C24H27F3N4O3/c25-24(26,27)21(19-10-4-5-11-28-19)29-22(33)17-14-31(16-8-2-1-3-9-16)15-18(20(17)32)23(34)30-12-6-7-13-30/h4-5,10-11,14-16,21H,1-3,6-9,12-13H2,(H,29,33). The summed E-state index contributed by atoms with van der Waals surface area (Å²) in [5.41, 5.74) is -1.90. The molecule has 0 bridgehead atoms. The number of nitrogens with one attached hydrogen (secondary N) is 1. The molecule has 2 fully saturated rings. The SMILES string of the molecule is O=C(NC(c1ccccn1)C(F)(F)F)c1cn(C2CCCCC2)cc(C(=O)N2CCCC2)c1=O. The van der Waals surface area contributed by atoms with Crippen LogP contribution in [0.5, 0.6) is 0 Å². The maximum Gasteiger partial charge on any atom is 0.414 e. The number of amides is 2. The van der Waals surface area contributed by atoms with Crippen LogP contribution in [0.25, 0.3) is 0 Å². The van der Waals surface area contributed by atoms with E-state index in [4.69, 9.17) is 0 Å². The van der Waals surface area contributed by atoms with Gasteiger partial charge in [-0.15, -0.1) is 0 Å². The Bertz CT molecular complexity index is 1090. The zero-order chi connectivity index (χ0) is 24.3. The van der Waals surface area contributed by atoms with E-state index in [1.807, 2.05) is 5.32 Å². The number of carbonyl (C=O) groups excluding carboxylic acids is 2. The van der Waals surface area contributed by atoms with Crippen molar-refractivity contribution in [1.82, 2.24) is 19.8 Å². The van der Waals surface area contributed by atoms with Crippen LogP contribution in [-0.2, 0) is 0 Å². The average molecular weight is 476 g/mol. The average Bonchev–Trinajstić information content (AvgIpc) is 3.37. The number of likely N-dealkylation sites (tertiary alicyclic amines) is 1. The van der Waals surface area contributed by atoms with Crippen LogP contribution in [0.1, 0.15) is 83.4 Å². The third kappa shape index (κ3) is 5.15. The lowest BCUT2D eigenvalue weighted by Gasteiger charge is -2.26. The molecule has 2 aromatic heterocycles. The first-order valence-electron chi connectivity index (χ1n) is 11.6. The molecule has 1 saturated heterocycles. The van der Waals surface area contributed by atoms with Crippen molar-refractivity contribution in [2.24, 2.45) is 0 Å². The Morgan fingerprint density at radius 3 is 2.29 bits per heavy atom. The van der Waals surface area contributed by atoms with Gasteiger partial charge in [-0.3, -0.25) is 19.4 Å². The highest BCUT2D eigenvalue weighted by Gasteiger charge is 2.43. The number of nitrogens with zero attached hydrogens (tertiary/aromatic N) is 3. The minimum absolute atomic E-state index is 0.0276. The summed E-state index contributed by atoms with van der Waals surface area (Å²) < 4.78 is 43.0. The second-order valence-corrected chi connectivity index (χ2v) is 8.86. The first-order chi connectivity index (χ1) is 16.3. The van der Waals surface area contributed by atoms with Gasteiger partial charge in [0.15, 0.2) is 6.04 Å². The fraction of sp³-hybridized carbons (Fsp3) is 0.500. The third-order valence-corrected chi connectivity index (χ3v) is 6.50. The Hall–Kier alpha value is -3.17. The second kappa shape index (κ2) is 9.99. The summed E-state index contributed by atoms with van der Waals surface area (Å²) in [5, 5.41) is 1.93. The summed E-state index contributed by atoms with van der Waals surface area (Å²) in [7, 11) is 0. The van der Waals surface area contributed by atoms with E-state index >= 15 is 0 Å². The molecular formula is C24H27F3N4O3. The van der Waals surface area contributed by atoms with Gasteiger partial charge in [0.05, 0.1) is 5.69 Å². The Balaban J connectivity index is 1.72.